The van der Waals surface area contributed by atoms with Crippen LogP contribution in [-0.2, 0) is 40.0 Å². The van der Waals surface area contributed by atoms with Crippen LogP contribution in [0.5, 0.6) is 0 Å². The lowest BCUT2D eigenvalue weighted by Crippen LogP contribution is -2.33. The third kappa shape index (κ3) is 47.6. The highest BCUT2D eigenvalue weighted by Crippen LogP contribution is 2.18. The molecule has 0 saturated carbocycles. The maximum atomic E-state index is 10.6. The zero-order chi connectivity index (χ0) is 55.0. The van der Waals surface area contributed by atoms with Crippen LogP contribution < -0.4 is 63.1 Å². The highest BCUT2D eigenvalue weighted by molar-refractivity contribution is 5.84. The molecule has 1 aromatic heterocycles. The first-order valence-electron chi connectivity index (χ1n) is 20.9. The van der Waals surface area contributed by atoms with E-state index in [0.29, 0.717) is 69.9 Å². The van der Waals surface area contributed by atoms with Crippen molar-refractivity contribution < 1.29 is 74.4 Å². The molecule has 398 valence electrons. The van der Waals surface area contributed by atoms with Gasteiger partial charge in [-0.3, -0.25) is 43.5 Å². The van der Waals surface area contributed by atoms with Crippen LogP contribution in [0.25, 0.3) is 10.9 Å². The van der Waals surface area contributed by atoms with Gasteiger partial charge in [-0.15, -0.1) is 0 Å². The average Bonchev–Trinajstić information content (AvgIpc) is 3.66. The highest BCUT2D eigenvalue weighted by atomic mass is 16.4. The summed E-state index contributed by atoms with van der Waals surface area (Å²) in [7, 11) is 0. The number of aliphatic hydroxyl groups is 1. The molecule has 6 atom stereocenters. The van der Waals surface area contributed by atoms with Gasteiger partial charge in [-0.2, -0.15) is 0 Å². The van der Waals surface area contributed by atoms with Crippen LogP contribution >= 0.6 is 0 Å². The van der Waals surface area contributed by atoms with E-state index in [0.717, 1.165) is 16.5 Å². The van der Waals surface area contributed by atoms with E-state index in [9.17, 15) is 33.6 Å². The Kier molecular flexibility index (Phi) is 44.0. The summed E-state index contributed by atoms with van der Waals surface area (Å²) in [6.07, 6.45) is 5.17. The minimum Gasteiger partial charge on any atom is -0.480 e. The summed E-state index contributed by atoms with van der Waals surface area (Å²) >= 11 is 0. The van der Waals surface area contributed by atoms with Gasteiger partial charge >= 0.3 is 41.8 Å². The number of aromatic amines is 1. The van der Waals surface area contributed by atoms with E-state index in [4.69, 9.17) is 98.2 Å². The Balaban J connectivity index is -0.000000236. The van der Waals surface area contributed by atoms with E-state index >= 15 is 0 Å². The first kappa shape index (κ1) is 71.3. The van der Waals surface area contributed by atoms with Crippen molar-refractivity contribution in [1.82, 2.24) is 4.98 Å². The van der Waals surface area contributed by atoms with Crippen LogP contribution in [0.3, 0.4) is 0 Å². The lowest BCUT2D eigenvalue weighted by atomic mass is 10.1. The predicted molar refractivity (Wildman–Crippen MR) is 258 cm³/mol. The second-order valence-corrected chi connectivity index (χ2v) is 15.2. The molecule has 0 fully saturated rings. The number of nitrogens with zero attached hydrogens (tertiary/aromatic N) is 2. The molecule has 0 bridgehead atoms. The number of benzene rings is 1. The van der Waals surface area contributed by atoms with Crippen LogP contribution in [0.15, 0.2) is 40.4 Å². The number of hydrogen-bond donors (Lipinski definition) is 20. The fourth-order valence-electron chi connectivity index (χ4n) is 4.21. The van der Waals surface area contributed by atoms with Crippen molar-refractivity contribution in [3.8, 4) is 0 Å². The van der Waals surface area contributed by atoms with Gasteiger partial charge in [0.05, 0.1) is 13.2 Å². The number of fused-ring (bicyclic) bond motifs is 1. The van der Waals surface area contributed by atoms with Gasteiger partial charge in [-0.05, 0) is 62.0 Å². The van der Waals surface area contributed by atoms with Crippen LogP contribution in [-0.4, -0.2) is 162 Å². The first-order chi connectivity index (χ1) is 31.8. The number of carboxylic acid groups (broad SMARTS) is 7. The molecule has 0 spiro atoms. The number of nitrogens with one attached hydrogen (secondary N) is 1. The van der Waals surface area contributed by atoms with Gasteiger partial charge in [0, 0.05) is 36.6 Å². The molecule has 0 unspecified atom stereocenters. The summed E-state index contributed by atoms with van der Waals surface area (Å²) < 4.78 is 0. The molecule has 0 aliphatic carbocycles. The number of nitrogens with two attached hydrogens (primary N) is 11. The predicted octanol–water partition coefficient (Wildman–Crippen LogP) is -3.66. The van der Waals surface area contributed by atoms with E-state index in [1.807, 2.05) is 58.2 Å². The fraction of sp³-hybridized carbons (Fsp3) is 0.575. The van der Waals surface area contributed by atoms with Crippen molar-refractivity contribution in [2.75, 3.05) is 26.2 Å². The molecule has 0 aliphatic heterocycles. The first-order valence-corrected chi connectivity index (χ1v) is 20.9. The van der Waals surface area contributed by atoms with Gasteiger partial charge in [0.2, 0.25) is 0 Å². The Morgan fingerprint density at radius 2 is 0.884 bits per heavy atom. The normalized spacial score (nSPS) is 12.5. The van der Waals surface area contributed by atoms with E-state index in [-0.39, 0.29) is 18.5 Å². The monoisotopic (exact) mass is 995 g/mol. The van der Waals surface area contributed by atoms with Crippen LogP contribution in [0.1, 0.15) is 71.8 Å². The Bertz CT molecular complexity index is 1760. The Morgan fingerprint density at radius 1 is 0.551 bits per heavy atom. The van der Waals surface area contributed by atoms with Crippen molar-refractivity contribution in [3.63, 3.8) is 0 Å². The minimum atomic E-state index is -1.18. The average molecular weight is 995 g/mol. The molecule has 0 amide bonds. The molecular formula is C40H78N14O15. The SMILES string of the molecule is CC(C)C[C@H](N)C(=O)O.CC(C)C[C@H](N)C(=O)O.NC(N)=NCCC[C@H](N)C(=O)O.NC(N)=NCCC[C@H](N)C(=O)O.NCC(=O)O.N[C@@H](CO)C(=O)O.N[C@@H](Cc1c[nH]c2ccccc12)C(=O)O. The van der Waals surface area contributed by atoms with Gasteiger partial charge in [-0.1, -0.05) is 45.9 Å². The number of guanidine groups is 2. The molecule has 31 N–H and O–H groups in total. The number of aliphatic imine (C=N–C) groups is 2. The third-order valence-corrected chi connectivity index (χ3v) is 7.78. The lowest BCUT2D eigenvalue weighted by Gasteiger charge is -2.07. The molecule has 0 saturated heterocycles. The molecular weight excluding hydrogens is 917 g/mol. The second kappa shape index (κ2) is 42.6. The van der Waals surface area contributed by atoms with E-state index in [1.165, 1.54) is 0 Å². The van der Waals surface area contributed by atoms with Crippen molar-refractivity contribution >= 4 is 64.6 Å². The highest BCUT2D eigenvalue weighted by Gasteiger charge is 2.15. The molecule has 2 rings (SSSR count). The summed E-state index contributed by atoms with van der Waals surface area (Å²) in [6.45, 7) is 7.85. The quantitative estimate of drug-likeness (QED) is 0.0307. The molecule has 2 aromatic rings. The summed E-state index contributed by atoms with van der Waals surface area (Å²) in [5.41, 5.74) is 57.9. The van der Waals surface area contributed by atoms with Crippen molar-refractivity contribution in [3.05, 3.63) is 36.0 Å². The number of aliphatic carboxylic acids is 7. The topological polar surface area (TPSA) is 608 Å². The number of carboxylic acids is 7. The van der Waals surface area contributed by atoms with Gasteiger partial charge in [0.15, 0.2) is 11.9 Å². The second-order valence-electron chi connectivity index (χ2n) is 15.2. The van der Waals surface area contributed by atoms with Crippen LogP contribution in [0.4, 0.5) is 0 Å². The van der Waals surface area contributed by atoms with Crippen LogP contribution in [0.2, 0.25) is 0 Å². The van der Waals surface area contributed by atoms with E-state index in [1.54, 1.807) is 0 Å². The van der Waals surface area contributed by atoms with Crippen molar-refractivity contribution in [2.45, 2.75) is 109 Å². The Morgan fingerprint density at radius 3 is 1.13 bits per heavy atom. The Labute approximate surface area is 399 Å². The maximum Gasteiger partial charge on any atom is 0.322 e. The van der Waals surface area contributed by atoms with Gasteiger partial charge in [0.1, 0.15) is 36.3 Å². The number of aliphatic hydroxyl groups excluding tert-OH is 1. The van der Waals surface area contributed by atoms with Crippen LogP contribution in [0, 0.1) is 11.8 Å². The minimum absolute atomic E-state index is 0.0129. The van der Waals surface area contributed by atoms with E-state index < -0.39 is 84.6 Å². The summed E-state index contributed by atoms with van der Waals surface area (Å²) in [5.74, 6) is -6.20. The number of rotatable bonds is 22. The molecule has 29 nitrogen and oxygen atoms in total. The van der Waals surface area contributed by atoms with Gasteiger partial charge in [0.25, 0.3) is 0 Å². The summed E-state index contributed by atoms with van der Waals surface area (Å²) in [5, 5.41) is 66.6. The molecule has 29 heteroatoms. The smallest absolute Gasteiger partial charge is 0.322 e. The number of aromatic nitrogens is 1. The van der Waals surface area contributed by atoms with E-state index in [2.05, 4.69) is 20.7 Å². The summed E-state index contributed by atoms with van der Waals surface area (Å²) in [6, 6.07) is 2.77. The van der Waals surface area contributed by atoms with Gasteiger partial charge < -0.3 is 109 Å². The maximum absolute atomic E-state index is 10.6. The zero-order valence-electron chi connectivity index (χ0n) is 39.5. The molecule has 1 heterocycles. The van der Waals surface area contributed by atoms with Crippen molar-refractivity contribution in [1.29, 1.82) is 0 Å². The number of para-hydroxylation sites is 1. The molecule has 0 radical (unpaired) electrons. The third-order valence-electron chi connectivity index (χ3n) is 7.78. The summed E-state index contributed by atoms with van der Waals surface area (Å²) in [4.78, 5) is 80.6. The fourth-order valence-corrected chi connectivity index (χ4v) is 4.21. The zero-order valence-corrected chi connectivity index (χ0v) is 39.5. The molecule has 69 heavy (non-hydrogen) atoms. The molecule has 0 aliphatic rings. The number of H-pyrrole nitrogens is 1. The number of hydrogen-bond acceptors (Lipinski definition) is 17. The molecule has 1 aromatic carbocycles. The number of carbonyl (C=O) groups is 7. The lowest BCUT2D eigenvalue weighted by molar-refractivity contribution is -0.140. The van der Waals surface area contributed by atoms with Crippen molar-refractivity contribution in [2.24, 2.45) is 84.9 Å². The standard InChI is InChI=1S/C11H12N2O2.2C6H14N4O2.2C6H13NO2.C3H7NO3.C2H5NO2/c12-9(11(14)15)5-7-6-13-10-4-2-1-3-8(7)10;2*7-4(5(11)12)2-1-3-10-6(8)9;2*1-4(2)3-5(7)6(8)9;4-2(1-5)3(6)7;3-1-2(4)5/h1-4,6,9,13H,5,12H2,(H,14,15);2*4H,1-3,7H2,(H,11,12)(H4,8,9,10);2*4-5H,3,7H2,1-2H3,(H,8,9);2,5H,1,4H2,(H,6,7);1,3H2,(H,4,5)/t9-;2*4-;2*5-;2-;/m000000./s1. The Hall–Kier alpha value is -6.73. The van der Waals surface area contributed by atoms with Gasteiger partial charge in [-0.25, -0.2) is 0 Å². The largest absolute Gasteiger partial charge is 0.480 e.